The fraction of sp³-hybridized carbons (Fsp3) is 0.333. The molecule has 1 N–H and O–H groups in total. The standard InChI is InChI=1S/C18H21N3O/c1-14-6-2-3-7-15(14)12-20-17-10-16(11-19-13-17)18(22)21-8-4-5-9-21/h2-3,6-7,10-11,13,20H,4-5,8-9,12H2,1H3. The van der Waals surface area contributed by atoms with Crippen LogP contribution in [0.25, 0.3) is 0 Å². The van der Waals surface area contributed by atoms with Crippen LogP contribution >= 0.6 is 0 Å². The number of likely N-dealkylation sites (tertiary alicyclic amines) is 1. The number of hydrogen-bond donors (Lipinski definition) is 1. The zero-order chi connectivity index (χ0) is 15.4. The average Bonchev–Trinajstić information content (AvgIpc) is 3.08. The van der Waals surface area contributed by atoms with Crippen molar-refractivity contribution in [3.63, 3.8) is 0 Å². The van der Waals surface area contributed by atoms with Gasteiger partial charge in [-0.05, 0) is 37.0 Å². The van der Waals surface area contributed by atoms with Crippen LogP contribution in [0, 0.1) is 6.92 Å². The van der Waals surface area contributed by atoms with Gasteiger partial charge >= 0.3 is 0 Å². The summed E-state index contributed by atoms with van der Waals surface area (Å²) in [5.74, 6) is 0.0875. The van der Waals surface area contributed by atoms with Crippen molar-refractivity contribution in [1.82, 2.24) is 9.88 Å². The maximum absolute atomic E-state index is 12.4. The Balaban J connectivity index is 1.68. The summed E-state index contributed by atoms with van der Waals surface area (Å²) in [4.78, 5) is 18.5. The molecule has 2 heterocycles. The van der Waals surface area contributed by atoms with Crippen molar-refractivity contribution >= 4 is 11.6 Å². The maximum atomic E-state index is 12.4. The molecule has 2 aromatic rings. The van der Waals surface area contributed by atoms with Gasteiger partial charge in [0.2, 0.25) is 0 Å². The second-order valence-corrected chi connectivity index (χ2v) is 5.74. The number of carbonyl (C=O) groups excluding carboxylic acids is 1. The van der Waals surface area contributed by atoms with E-state index in [1.807, 2.05) is 23.1 Å². The maximum Gasteiger partial charge on any atom is 0.255 e. The van der Waals surface area contributed by atoms with Crippen LogP contribution in [0.1, 0.15) is 34.3 Å². The van der Waals surface area contributed by atoms with Crippen LogP contribution in [-0.4, -0.2) is 28.9 Å². The van der Waals surface area contributed by atoms with Crippen molar-refractivity contribution in [2.45, 2.75) is 26.3 Å². The summed E-state index contributed by atoms with van der Waals surface area (Å²) in [5.41, 5.74) is 4.05. The van der Waals surface area contributed by atoms with Crippen molar-refractivity contribution in [3.05, 3.63) is 59.4 Å². The SMILES string of the molecule is Cc1ccccc1CNc1cncc(C(=O)N2CCCC2)c1. The Morgan fingerprint density at radius 1 is 1.23 bits per heavy atom. The van der Waals surface area contributed by atoms with Gasteiger partial charge < -0.3 is 10.2 Å². The Labute approximate surface area is 131 Å². The molecule has 0 saturated carbocycles. The van der Waals surface area contributed by atoms with Gasteiger partial charge in [0, 0.05) is 32.0 Å². The van der Waals surface area contributed by atoms with E-state index in [0.717, 1.165) is 38.2 Å². The van der Waals surface area contributed by atoms with E-state index in [1.54, 1.807) is 12.4 Å². The zero-order valence-electron chi connectivity index (χ0n) is 12.9. The smallest absolute Gasteiger partial charge is 0.255 e. The van der Waals surface area contributed by atoms with E-state index >= 15 is 0 Å². The van der Waals surface area contributed by atoms with Crippen LogP contribution in [0.3, 0.4) is 0 Å². The molecule has 114 valence electrons. The number of aryl methyl sites for hydroxylation is 1. The van der Waals surface area contributed by atoms with Gasteiger partial charge in [-0.2, -0.15) is 0 Å². The Bertz CT molecular complexity index is 663. The number of rotatable bonds is 4. The van der Waals surface area contributed by atoms with Gasteiger partial charge in [-0.3, -0.25) is 9.78 Å². The second kappa shape index (κ2) is 6.60. The van der Waals surface area contributed by atoms with Crippen molar-refractivity contribution in [1.29, 1.82) is 0 Å². The number of nitrogens with zero attached hydrogens (tertiary/aromatic N) is 2. The molecule has 0 bridgehead atoms. The highest BCUT2D eigenvalue weighted by atomic mass is 16.2. The number of nitrogens with one attached hydrogen (secondary N) is 1. The number of aromatic nitrogens is 1. The van der Waals surface area contributed by atoms with E-state index in [-0.39, 0.29) is 5.91 Å². The number of benzene rings is 1. The molecule has 0 spiro atoms. The minimum absolute atomic E-state index is 0.0875. The van der Waals surface area contributed by atoms with Crippen LogP contribution in [0.15, 0.2) is 42.7 Å². The summed E-state index contributed by atoms with van der Waals surface area (Å²) in [6.07, 6.45) is 5.62. The summed E-state index contributed by atoms with van der Waals surface area (Å²) in [7, 11) is 0. The lowest BCUT2D eigenvalue weighted by molar-refractivity contribution is 0.0792. The molecule has 0 aliphatic carbocycles. The molecular weight excluding hydrogens is 274 g/mol. The van der Waals surface area contributed by atoms with Gasteiger partial charge in [0.25, 0.3) is 5.91 Å². The third-order valence-electron chi connectivity index (χ3n) is 4.12. The van der Waals surface area contributed by atoms with Crippen LogP contribution < -0.4 is 5.32 Å². The average molecular weight is 295 g/mol. The first-order valence-corrected chi connectivity index (χ1v) is 7.77. The summed E-state index contributed by atoms with van der Waals surface area (Å²) in [5, 5.41) is 3.35. The molecule has 3 rings (SSSR count). The fourth-order valence-corrected chi connectivity index (χ4v) is 2.76. The molecule has 1 aliphatic heterocycles. The second-order valence-electron chi connectivity index (χ2n) is 5.74. The molecule has 0 atom stereocenters. The Hall–Kier alpha value is -2.36. The van der Waals surface area contributed by atoms with E-state index in [4.69, 9.17) is 0 Å². The van der Waals surface area contributed by atoms with Gasteiger partial charge in [-0.1, -0.05) is 24.3 Å². The van der Waals surface area contributed by atoms with Gasteiger partial charge in [-0.15, -0.1) is 0 Å². The predicted molar refractivity (Wildman–Crippen MR) is 87.9 cm³/mol. The van der Waals surface area contributed by atoms with E-state index < -0.39 is 0 Å². The van der Waals surface area contributed by atoms with E-state index in [0.29, 0.717) is 5.56 Å². The molecule has 1 saturated heterocycles. The molecule has 1 fully saturated rings. The van der Waals surface area contributed by atoms with Crippen LogP contribution in [0.5, 0.6) is 0 Å². The van der Waals surface area contributed by atoms with Gasteiger partial charge in [0.15, 0.2) is 0 Å². The van der Waals surface area contributed by atoms with Gasteiger partial charge in [-0.25, -0.2) is 0 Å². The molecule has 22 heavy (non-hydrogen) atoms. The minimum atomic E-state index is 0.0875. The highest BCUT2D eigenvalue weighted by Crippen LogP contribution is 2.16. The number of carbonyl (C=O) groups is 1. The number of hydrogen-bond acceptors (Lipinski definition) is 3. The third kappa shape index (κ3) is 3.27. The van der Waals surface area contributed by atoms with Crippen molar-refractivity contribution in [3.8, 4) is 0 Å². The van der Waals surface area contributed by atoms with Crippen LogP contribution in [0.2, 0.25) is 0 Å². The van der Waals surface area contributed by atoms with Crippen LogP contribution in [-0.2, 0) is 6.54 Å². The topological polar surface area (TPSA) is 45.2 Å². The Kier molecular flexibility index (Phi) is 4.37. The number of anilines is 1. The third-order valence-corrected chi connectivity index (χ3v) is 4.12. The monoisotopic (exact) mass is 295 g/mol. The summed E-state index contributed by atoms with van der Waals surface area (Å²) >= 11 is 0. The normalized spacial score (nSPS) is 14.1. The molecule has 4 heteroatoms. The molecule has 1 aliphatic rings. The minimum Gasteiger partial charge on any atom is -0.380 e. The largest absolute Gasteiger partial charge is 0.380 e. The molecule has 1 aromatic heterocycles. The van der Waals surface area contributed by atoms with Crippen molar-refractivity contribution < 1.29 is 4.79 Å². The summed E-state index contributed by atoms with van der Waals surface area (Å²) in [6.45, 7) is 4.55. The van der Waals surface area contributed by atoms with E-state index in [2.05, 4.69) is 29.4 Å². The molecule has 1 aromatic carbocycles. The lowest BCUT2D eigenvalue weighted by Gasteiger charge is -2.15. The van der Waals surface area contributed by atoms with E-state index in [9.17, 15) is 4.79 Å². The van der Waals surface area contributed by atoms with Gasteiger partial charge in [0.05, 0.1) is 11.3 Å². The highest BCUT2D eigenvalue weighted by molar-refractivity contribution is 5.94. The molecule has 4 nitrogen and oxygen atoms in total. The molecule has 0 unspecified atom stereocenters. The lowest BCUT2D eigenvalue weighted by atomic mass is 10.1. The molecular formula is C18H21N3O. The highest BCUT2D eigenvalue weighted by Gasteiger charge is 2.19. The van der Waals surface area contributed by atoms with Crippen LogP contribution in [0.4, 0.5) is 5.69 Å². The Morgan fingerprint density at radius 3 is 2.77 bits per heavy atom. The first kappa shape index (κ1) is 14.6. The quantitative estimate of drug-likeness (QED) is 0.942. The van der Waals surface area contributed by atoms with E-state index in [1.165, 1.54) is 11.1 Å². The lowest BCUT2D eigenvalue weighted by Crippen LogP contribution is -2.27. The molecule has 0 radical (unpaired) electrons. The Morgan fingerprint density at radius 2 is 2.00 bits per heavy atom. The zero-order valence-corrected chi connectivity index (χ0v) is 12.9. The summed E-state index contributed by atoms with van der Waals surface area (Å²) in [6, 6.07) is 10.2. The van der Waals surface area contributed by atoms with Gasteiger partial charge in [0.1, 0.15) is 0 Å². The first-order valence-electron chi connectivity index (χ1n) is 7.77. The first-order chi connectivity index (χ1) is 10.7. The van der Waals surface area contributed by atoms with Crippen molar-refractivity contribution in [2.24, 2.45) is 0 Å². The number of amides is 1. The van der Waals surface area contributed by atoms with Crippen molar-refractivity contribution in [2.75, 3.05) is 18.4 Å². The number of pyridine rings is 1. The molecule has 1 amide bonds. The summed E-state index contributed by atoms with van der Waals surface area (Å²) < 4.78 is 0. The fourth-order valence-electron chi connectivity index (χ4n) is 2.76. The predicted octanol–water partition coefficient (Wildman–Crippen LogP) is 3.24.